The lowest BCUT2D eigenvalue weighted by molar-refractivity contribution is -0.166. The summed E-state index contributed by atoms with van der Waals surface area (Å²) >= 11 is 0. The highest BCUT2D eigenvalue weighted by molar-refractivity contribution is 7.90. The molecule has 0 unspecified atom stereocenters. The van der Waals surface area contributed by atoms with Crippen molar-refractivity contribution in [2.24, 2.45) is 5.41 Å². The Morgan fingerprint density at radius 3 is 2.77 bits per heavy atom. The minimum Gasteiger partial charge on any atom is -0.377 e. The van der Waals surface area contributed by atoms with Gasteiger partial charge in [0.05, 0.1) is 17.3 Å². The zero-order valence-electron chi connectivity index (χ0n) is 13.3. The Balaban J connectivity index is 1.52. The van der Waals surface area contributed by atoms with Crippen molar-refractivity contribution in [3.63, 3.8) is 0 Å². The molecule has 0 aromatic carbocycles. The lowest BCUT2D eigenvalue weighted by atomic mass is 9.72. The summed E-state index contributed by atoms with van der Waals surface area (Å²) in [7, 11) is -3.01. The first-order valence-electron chi connectivity index (χ1n) is 8.19. The van der Waals surface area contributed by atoms with Gasteiger partial charge >= 0.3 is 0 Å². The molecule has 1 spiro atoms. The first-order chi connectivity index (χ1) is 10.4. The number of rotatable bonds is 5. The summed E-state index contributed by atoms with van der Waals surface area (Å²) in [6, 6.07) is 0. The van der Waals surface area contributed by atoms with Gasteiger partial charge in [0.2, 0.25) is 5.91 Å². The number of piperidine rings is 1. The maximum atomic E-state index is 12.5. The lowest BCUT2D eigenvalue weighted by Gasteiger charge is -2.53. The fourth-order valence-corrected chi connectivity index (χ4v) is 4.52. The number of hydrogen-bond donors (Lipinski definition) is 0. The van der Waals surface area contributed by atoms with Crippen LogP contribution in [0.1, 0.15) is 25.7 Å². The zero-order valence-corrected chi connectivity index (χ0v) is 14.1. The molecule has 2 atom stereocenters. The highest BCUT2D eigenvalue weighted by Gasteiger charge is 2.53. The third-order valence-electron chi connectivity index (χ3n) is 5.11. The first kappa shape index (κ1) is 16.2. The van der Waals surface area contributed by atoms with E-state index in [-0.39, 0.29) is 17.1 Å². The van der Waals surface area contributed by atoms with Crippen molar-refractivity contribution in [1.29, 1.82) is 0 Å². The Bertz CT molecular complexity index is 530. The molecule has 3 aliphatic heterocycles. The molecule has 0 aromatic heterocycles. The van der Waals surface area contributed by atoms with E-state index < -0.39 is 9.84 Å². The van der Waals surface area contributed by atoms with Crippen LogP contribution in [0, 0.1) is 5.41 Å². The van der Waals surface area contributed by atoms with Crippen molar-refractivity contribution in [3.8, 4) is 0 Å². The molecule has 3 aliphatic rings. The SMILES string of the molecule is CS(=O)(=O)CCN1C[C@]2(CCCN(C[C@H]3CCCO3)C2)C1=O. The maximum absolute atomic E-state index is 12.5. The molecule has 0 bridgehead atoms. The Kier molecular flexibility index (Phi) is 4.49. The number of carbonyl (C=O) groups is 1. The second kappa shape index (κ2) is 6.09. The van der Waals surface area contributed by atoms with Crippen molar-refractivity contribution >= 4 is 15.7 Å². The molecule has 22 heavy (non-hydrogen) atoms. The summed E-state index contributed by atoms with van der Waals surface area (Å²) in [6.07, 6.45) is 5.78. The standard InChI is InChI=1S/C15H26N2O4S/c1-22(19,20)9-7-17-12-15(14(17)18)5-3-6-16(11-15)10-13-4-2-8-21-13/h13H,2-12H2,1H3/t13-,15-/m1/s1. The van der Waals surface area contributed by atoms with Crippen molar-refractivity contribution in [2.45, 2.75) is 31.8 Å². The Labute approximate surface area is 132 Å². The average Bonchev–Trinajstić information content (AvgIpc) is 2.95. The van der Waals surface area contributed by atoms with Crippen LogP contribution < -0.4 is 0 Å². The largest absolute Gasteiger partial charge is 0.377 e. The number of hydrogen-bond acceptors (Lipinski definition) is 5. The van der Waals surface area contributed by atoms with E-state index in [1.54, 1.807) is 4.90 Å². The van der Waals surface area contributed by atoms with E-state index >= 15 is 0 Å². The van der Waals surface area contributed by atoms with E-state index in [4.69, 9.17) is 4.74 Å². The van der Waals surface area contributed by atoms with Crippen LogP contribution in [-0.2, 0) is 19.4 Å². The van der Waals surface area contributed by atoms with E-state index in [0.717, 1.165) is 51.9 Å². The van der Waals surface area contributed by atoms with Crippen molar-refractivity contribution < 1.29 is 17.9 Å². The molecule has 0 N–H and O–H groups in total. The van der Waals surface area contributed by atoms with Crippen LogP contribution in [-0.4, -0.2) is 81.6 Å². The van der Waals surface area contributed by atoms with E-state index in [2.05, 4.69) is 4.90 Å². The van der Waals surface area contributed by atoms with Gasteiger partial charge in [-0.15, -0.1) is 0 Å². The van der Waals surface area contributed by atoms with E-state index in [1.807, 2.05) is 0 Å². The summed E-state index contributed by atoms with van der Waals surface area (Å²) in [5.41, 5.74) is -0.256. The molecule has 3 heterocycles. The van der Waals surface area contributed by atoms with Gasteiger partial charge in [-0.2, -0.15) is 0 Å². The van der Waals surface area contributed by atoms with Crippen LogP contribution in [0.4, 0.5) is 0 Å². The van der Waals surface area contributed by atoms with Crippen molar-refractivity contribution in [2.75, 3.05) is 51.3 Å². The number of sulfone groups is 1. The second-order valence-corrected chi connectivity index (χ2v) is 9.37. The highest BCUT2D eigenvalue weighted by atomic mass is 32.2. The van der Waals surface area contributed by atoms with Gasteiger partial charge in [0.1, 0.15) is 9.84 Å². The fraction of sp³-hybridized carbons (Fsp3) is 0.933. The predicted octanol–water partition coefficient (Wildman–Crippen LogP) is 0.134. The van der Waals surface area contributed by atoms with E-state index in [0.29, 0.717) is 19.2 Å². The normalized spacial score (nSPS) is 33.4. The number of nitrogens with zero attached hydrogens (tertiary/aromatic N) is 2. The topological polar surface area (TPSA) is 66.9 Å². The minimum atomic E-state index is -3.01. The van der Waals surface area contributed by atoms with Crippen LogP contribution in [0.25, 0.3) is 0 Å². The summed E-state index contributed by atoms with van der Waals surface area (Å²) in [5.74, 6) is 0.210. The Hall–Kier alpha value is -0.660. The monoisotopic (exact) mass is 330 g/mol. The molecule has 0 aliphatic carbocycles. The molecule has 0 radical (unpaired) electrons. The minimum absolute atomic E-state index is 0.0639. The number of likely N-dealkylation sites (tertiary alicyclic amines) is 2. The highest BCUT2D eigenvalue weighted by Crippen LogP contribution is 2.40. The van der Waals surface area contributed by atoms with E-state index in [9.17, 15) is 13.2 Å². The molecule has 6 nitrogen and oxygen atoms in total. The first-order valence-corrected chi connectivity index (χ1v) is 10.3. The average molecular weight is 330 g/mol. The number of amides is 1. The number of ether oxygens (including phenoxy) is 1. The summed E-state index contributed by atoms with van der Waals surface area (Å²) < 4.78 is 28.2. The Morgan fingerprint density at radius 1 is 1.32 bits per heavy atom. The van der Waals surface area contributed by atoms with Crippen LogP contribution in [0.5, 0.6) is 0 Å². The molecule has 0 saturated carbocycles. The summed E-state index contributed by atoms with van der Waals surface area (Å²) in [6.45, 7) is 4.69. The van der Waals surface area contributed by atoms with Crippen LogP contribution in [0.2, 0.25) is 0 Å². The van der Waals surface area contributed by atoms with Crippen LogP contribution in [0.3, 0.4) is 0 Å². The third-order valence-corrected chi connectivity index (χ3v) is 6.03. The molecular formula is C15H26N2O4S. The maximum Gasteiger partial charge on any atom is 0.231 e. The smallest absolute Gasteiger partial charge is 0.231 e. The van der Waals surface area contributed by atoms with Crippen molar-refractivity contribution in [3.05, 3.63) is 0 Å². The molecule has 3 fully saturated rings. The van der Waals surface area contributed by atoms with Crippen LogP contribution >= 0.6 is 0 Å². The third kappa shape index (κ3) is 3.46. The van der Waals surface area contributed by atoms with Gasteiger partial charge in [-0.25, -0.2) is 8.42 Å². The van der Waals surface area contributed by atoms with Gasteiger partial charge in [-0.3, -0.25) is 9.69 Å². The molecule has 3 rings (SSSR count). The molecule has 3 saturated heterocycles. The Morgan fingerprint density at radius 2 is 2.14 bits per heavy atom. The lowest BCUT2D eigenvalue weighted by Crippen LogP contribution is -2.67. The summed E-state index contributed by atoms with van der Waals surface area (Å²) in [5, 5.41) is 0. The van der Waals surface area contributed by atoms with Gasteiger partial charge in [0, 0.05) is 39.0 Å². The van der Waals surface area contributed by atoms with Gasteiger partial charge in [0.25, 0.3) is 0 Å². The van der Waals surface area contributed by atoms with Gasteiger partial charge in [-0.05, 0) is 32.2 Å². The van der Waals surface area contributed by atoms with Gasteiger partial charge in [0.15, 0.2) is 0 Å². The van der Waals surface area contributed by atoms with Crippen molar-refractivity contribution in [1.82, 2.24) is 9.80 Å². The van der Waals surface area contributed by atoms with E-state index in [1.165, 1.54) is 6.26 Å². The van der Waals surface area contributed by atoms with Gasteiger partial charge in [-0.1, -0.05) is 0 Å². The quantitative estimate of drug-likeness (QED) is 0.671. The predicted molar refractivity (Wildman–Crippen MR) is 83.4 cm³/mol. The molecular weight excluding hydrogens is 304 g/mol. The number of carbonyl (C=O) groups excluding carboxylic acids is 1. The molecule has 1 amide bonds. The zero-order chi connectivity index (χ0) is 15.8. The summed E-state index contributed by atoms with van der Waals surface area (Å²) in [4.78, 5) is 16.6. The molecule has 126 valence electrons. The molecule has 0 aromatic rings. The van der Waals surface area contributed by atoms with Gasteiger partial charge < -0.3 is 9.64 Å². The fourth-order valence-electron chi connectivity index (χ4n) is 3.97. The second-order valence-electron chi connectivity index (χ2n) is 7.11. The molecule has 7 heteroatoms. The number of β-lactam (4-membered cyclic amide) rings is 1. The van der Waals surface area contributed by atoms with Crippen LogP contribution in [0.15, 0.2) is 0 Å².